The van der Waals surface area contributed by atoms with Crippen LogP contribution in [0.4, 0.5) is 4.39 Å². The van der Waals surface area contributed by atoms with E-state index in [0.29, 0.717) is 16.9 Å². The minimum absolute atomic E-state index is 0.0995. The number of imidazole rings is 1. The van der Waals surface area contributed by atoms with E-state index in [1.807, 2.05) is 5.38 Å². The second kappa shape index (κ2) is 4.37. The van der Waals surface area contributed by atoms with E-state index in [-0.39, 0.29) is 5.02 Å². The maximum absolute atomic E-state index is 13.8. The molecule has 3 rings (SSSR count). The van der Waals surface area contributed by atoms with Crippen molar-refractivity contribution in [1.29, 1.82) is 0 Å². The molecule has 1 aromatic carbocycles. The Morgan fingerprint density at radius 3 is 3.00 bits per heavy atom. The first-order valence-corrected chi connectivity index (χ1v) is 6.87. The van der Waals surface area contributed by atoms with Gasteiger partial charge in [-0.1, -0.05) is 18.5 Å². The molecule has 3 aromatic rings. The lowest BCUT2D eigenvalue weighted by atomic mass is 10.2. The highest BCUT2D eigenvalue weighted by Gasteiger charge is 2.14. The summed E-state index contributed by atoms with van der Waals surface area (Å²) in [6, 6.07) is 5.35. The molecular weight excluding hydrogens is 271 g/mol. The van der Waals surface area contributed by atoms with Crippen molar-refractivity contribution in [2.45, 2.75) is 13.3 Å². The van der Waals surface area contributed by atoms with Gasteiger partial charge in [0.05, 0.1) is 15.4 Å². The van der Waals surface area contributed by atoms with Gasteiger partial charge in [0.1, 0.15) is 11.3 Å². The van der Waals surface area contributed by atoms with Crippen molar-refractivity contribution in [3.05, 3.63) is 40.0 Å². The molecule has 0 aliphatic rings. The van der Waals surface area contributed by atoms with E-state index in [1.54, 1.807) is 17.4 Å². The number of H-pyrrole nitrogens is 1. The van der Waals surface area contributed by atoms with E-state index >= 15 is 0 Å². The van der Waals surface area contributed by atoms with Gasteiger partial charge in [0.25, 0.3) is 0 Å². The molecule has 0 radical (unpaired) electrons. The molecule has 5 heteroatoms. The third-order valence-electron chi connectivity index (χ3n) is 2.89. The monoisotopic (exact) mass is 280 g/mol. The number of nitrogens with one attached hydrogen (secondary N) is 1. The molecule has 2 heterocycles. The van der Waals surface area contributed by atoms with Crippen molar-refractivity contribution in [1.82, 2.24) is 9.97 Å². The molecule has 0 aliphatic carbocycles. The lowest BCUT2D eigenvalue weighted by Gasteiger charge is -1.95. The lowest BCUT2D eigenvalue weighted by Crippen LogP contribution is -1.82. The number of thiophene rings is 1. The van der Waals surface area contributed by atoms with Crippen LogP contribution < -0.4 is 0 Å². The zero-order valence-electron chi connectivity index (χ0n) is 9.63. The number of benzene rings is 1. The van der Waals surface area contributed by atoms with Gasteiger partial charge in [-0.2, -0.15) is 0 Å². The van der Waals surface area contributed by atoms with Crippen molar-refractivity contribution in [2.24, 2.45) is 0 Å². The van der Waals surface area contributed by atoms with Crippen molar-refractivity contribution in [3.63, 3.8) is 0 Å². The first-order valence-electron chi connectivity index (χ1n) is 5.61. The molecule has 0 aliphatic heterocycles. The van der Waals surface area contributed by atoms with E-state index in [2.05, 4.69) is 23.0 Å². The largest absolute Gasteiger partial charge is 0.337 e. The van der Waals surface area contributed by atoms with E-state index in [4.69, 9.17) is 11.6 Å². The number of hydrogen-bond donors (Lipinski definition) is 1. The predicted molar refractivity (Wildman–Crippen MR) is 73.8 cm³/mol. The Morgan fingerprint density at radius 1 is 1.39 bits per heavy atom. The number of hydrogen-bond acceptors (Lipinski definition) is 2. The fourth-order valence-electron chi connectivity index (χ4n) is 1.95. The van der Waals surface area contributed by atoms with Gasteiger partial charge in [-0.3, -0.25) is 0 Å². The number of rotatable bonds is 2. The second-order valence-corrected chi connectivity index (χ2v) is 5.29. The lowest BCUT2D eigenvalue weighted by molar-refractivity contribution is 0.638. The van der Waals surface area contributed by atoms with Crippen molar-refractivity contribution in [3.8, 4) is 10.7 Å². The molecule has 0 spiro atoms. The first-order chi connectivity index (χ1) is 8.70. The van der Waals surface area contributed by atoms with Gasteiger partial charge in [-0.15, -0.1) is 11.3 Å². The predicted octanol–water partition coefficient (Wildman–Crippen LogP) is 4.65. The van der Waals surface area contributed by atoms with Crippen molar-refractivity contribution >= 4 is 34.0 Å². The van der Waals surface area contributed by atoms with E-state index in [0.717, 1.165) is 11.3 Å². The standard InChI is InChI=1S/C13H10ClFN2S/c1-2-7-5-6-18-12(7)13-16-9-4-3-8(14)10(15)11(9)17-13/h3-6H,2H2,1H3,(H,16,17). The summed E-state index contributed by atoms with van der Waals surface area (Å²) in [7, 11) is 0. The Kier molecular flexibility index (Phi) is 2.84. The van der Waals surface area contributed by atoms with Gasteiger partial charge in [-0.25, -0.2) is 9.37 Å². The van der Waals surface area contributed by atoms with Crippen LogP contribution in [0, 0.1) is 5.82 Å². The van der Waals surface area contributed by atoms with Gasteiger partial charge < -0.3 is 4.98 Å². The van der Waals surface area contributed by atoms with Crippen LogP contribution in [-0.2, 0) is 6.42 Å². The summed E-state index contributed by atoms with van der Waals surface area (Å²) < 4.78 is 13.8. The number of aromatic nitrogens is 2. The molecule has 2 nitrogen and oxygen atoms in total. The molecule has 0 saturated heterocycles. The van der Waals surface area contributed by atoms with Gasteiger partial charge in [0.2, 0.25) is 0 Å². The summed E-state index contributed by atoms with van der Waals surface area (Å²) in [6.45, 7) is 2.09. The molecule has 92 valence electrons. The van der Waals surface area contributed by atoms with Gasteiger partial charge in [-0.05, 0) is 35.6 Å². The van der Waals surface area contributed by atoms with Crippen LogP contribution in [0.1, 0.15) is 12.5 Å². The maximum Gasteiger partial charge on any atom is 0.169 e. The Labute approximate surface area is 112 Å². The first kappa shape index (κ1) is 11.7. The molecular formula is C13H10ClFN2S. The summed E-state index contributed by atoms with van der Waals surface area (Å²) in [4.78, 5) is 8.52. The third kappa shape index (κ3) is 1.72. The highest BCUT2D eigenvalue weighted by atomic mass is 35.5. The molecule has 1 N–H and O–H groups in total. The molecule has 0 bridgehead atoms. The summed E-state index contributed by atoms with van der Waals surface area (Å²) in [5.74, 6) is 0.240. The summed E-state index contributed by atoms with van der Waals surface area (Å²) in [6.07, 6.45) is 0.930. The SMILES string of the molecule is CCc1ccsc1-c1nc2c(F)c(Cl)ccc2[nH]1. The highest BCUT2D eigenvalue weighted by Crippen LogP contribution is 2.31. The van der Waals surface area contributed by atoms with Crippen molar-refractivity contribution < 1.29 is 4.39 Å². The minimum atomic E-state index is -0.466. The fourth-order valence-corrected chi connectivity index (χ4v) is 3.04. The van der Waals surface area contributed by atoms with Crippen LogP contribution >= 0.6 is 22.9 Å². The van der Waals surface area contributed by atoms with Gasteiger partial charge in [0.15, 0.2) is 5.82 Å². The number of aromatic amines is 1. The maximum atomic E-state index is 13.8. The number of nitrogens with zero attached hydrogens (tertiary/aromatic N) is 1. The van der Waals surface area contributed by atoms with Crippen LogP contribution in [0.15, 0.2) is 23.6 Å². The third-order valence-corrected chi connectivity index (χ3v) is 4.14. The van der Waals surface area contributed by atoms with E-state index in [1.165, 1.54) is 11.6 Å². The molecule has 0 amide bonds. The molecule has 0 atom stereocenters. The molecule has 0 unspecified atom stereocenters. The van der Waals surface area contributed by atoms with Crippen molar-refractivity contribution in [2.75, 3.05) is 0 Å². The average Bonchev–Trinajstić information content (AvgIpc) is 2.99. The molecule has 2 aromatic heterocycles. The van der Waals surface area contributed by atoms with Crippen LogP contribution in [0.5, 0.6) is 0 Å². The Hall–Kier alpha value is -1.39. The Bertz CT molecular complexity index is 717. The molecule has 0 fully saturated rings. The highest BCUT2D eigenvalue weighted by molar-refractivity contribution is 7.13. The van der Waals surface area contributed by atoms with Gasteiger partial charge >= 0.3 is 0 Å². The average molecular weight is 281 g/mol. The summed E-state index contributed by atoms with van der Waals surface area (Å²) in [5, 5.41) is 2.12. The number of fused-ring (bicyclic) bond motifs is 1. The van der Waals surface area contributed by atoms with Crippen LogP contribution in [0.3, 0.4) is 0 Å². The van der Waals surface area contributed by atoms with E-state index in [9.17, 15) is 4.39 Å². The quantitative estimate of drug-likeness (QED) is 0.727. The van der Waals surface area contributed by atoms with Crippen LogP contribution in [0.2, 0.25) is 5.02 Å². The molecule has 0 saturated carbocycles. The summed E-state index contributed by atoms with van der Waals surface area (Å²) >= 11 is 7.36. The topological polar surface area (TPSA) is 28.7 Å². The van der Waals surface area contributed by atoms with Gasteiger partial charge in [0, 0.05) is 0 Å². The fraction of sp³-hybridized carbons (Fsp3) is 0.154. The second-order valence-electron chi connectivity index (χ2n) is 3.97. The van der Waals surface area contributed by atoms with Crippen LogP contribution in [0.25, 0.3) is 21.7 Å². The number of aryl methyl sites for hydroxylation is 1. The Morgan fingerprint density at radius 2 is 2.22 bits per heavy atom. The number of halogens is 2. The normalized spacial score (nSPS) is 11.3. The van der Waals surface area contributed by atoms with Crippen LogP contribution in [-0.4, -0.2) is 9.97 Å². The minimum Gasteiger partial charge on any atom is -0.337 e. The Balaban J connectivity index is 2.23. The van der Waals surface area contributed by atoms with E-state index < -0.39 is 5.82 Å². The summed E-state index contributed by atoms with van der Waals surface area (Å²) in [5.41, 5.74) is 2.18. The smallest absolute Gasteiger partial charge is 0.169 e. The molecule has 18 heavy (non-hydrogen) atoms. The zero-order valence-corrected chi connectivity index (χ0v) is 11.2. The zero-order chi connectivity index (χ0) is 12.7.